The molecule has 1 amide bonds. The molecule has 0 saturated carbocycles. The van der Waals surface area contributed by atoms with Gasteiger partial charge in [-0.2, -0.15) is 0 Å². The summed E-state index contributed by atoms with van der Waals surface area (Å²) in [5.74, 6) is 0.364. The molecule has 1 N–H and O–H groups in total. The first-order valence-electron chi connectivity index (χ1n) is 5.77. The van der Waals surface area contributed by atoms with Crippen LogP contribution in [0.5, 0.6) is 0 Å². The zero-order chi connectivity index (χ0) is 12.1. The molecule has 92 valence electrons. The number of ether oxygens (including phenoxy) is 1. The number of hydrogen-bond donors (Lipinski definition) is 1. The monoisotopic (exact) mass is 253 g/mol. The van der Waals surface area contributed by atoms with Gasteiger partial charge in [0.25, 0.3) is 5.91 Å². The van der Waals surface area contributed by atoms with Crippen LogP contribution < -0.4 is 5.32 Å². The van der Waals surface area contributed by atoms with Crippen LogP contribution in [0.3, 0.4) is 0 Å². The molecule has 4 heteroatoms. The van der Waals surface area contributed by atoms with Crippen LogP contribution in [-0.2, 0) is 4.74 Å². The van der Waals surface area contributed by atoms with Crippen molar-refractivity contribution in [2.45, 2.75) is 18.4 Å². The smallest absolute Gasteiger partial charge is 0.251 e. The predicted octanol–water partition coefficient (Wildman–Crippen LogP) is 2.20. The Hall–Kier alpha value is -1.06. The van der Waals surface area contributed by atoms with E-state index in [0.717, 1.165) is 12.8 Å². The minimum absolute atomic E-state index is 0.0619. The SMILES string of the molecule is O=C(NC1(CCl)CCOCC1)c1ccccc1. The first-order valence-corrected chi connectivity index (χ1v) is 6.30. The molecule has 1 fully saturated rings. The molecule has 0 radical (unpaired) electrons. The highest BCUT2D eigenvalue weighted by atomic mass is 35.5. The summed E-state index contributed by atoms with van der Waals surface area (Å²) in [5, 5.41) is 3.05. The number of rotatable bonds is 3. The number of carbonyl (C=O) groups is 1. The quantitative estimate of drug-likeness (QED) is 0.839. The Morgan fingerprint density at radius 1 is 1.29 bits per heavy atom. The Balaban J connectivity index is 2.06. The molecule has 1 aromatic rings. The molecule has 0 unspecified atom stereocenters. The third kappa shape index (κ3) is 2.99. The van der Waals surface area contributed by atoms with Gasteiger partial charge < -0.3 is 10.1 Å². The average Bonchev–Trinajstić information content (AvgIpc) is 2.41. The van der Waals surface area contributed by atoms with Gasteiger partial charge in [-0.15, -0.1) is 11.6 Å². The van der Waals surface area contributed by atoms with Gasteiger partial charge in [-0.1, -0.05) is 18.2 Å². The minimum atomic E-state index is -0.313. The first-order chi connectivity index (χ1) is 8.26. The van der Waals surface area contributed by atoms with Crippen LogP contribution in [0.15, 0.2) is 30.3 Å². The fourth-order valence-corrected chi connectivity index (χ4v) is 2.29. The number of carbonyl (C=O) groups excluding carboxylic acids is 1. The van der Waals surface area contributed by atoms with E-state index < -0.39 is 0 Å². The molecule has 0 spiro atoms. The van der Waals surface area contributed by atoms with Gasteiger partial charge in [-0.05, 0) is 25.0 Å². The molecule has 1 aliphatic rings. The highest BCUT2D eigenvalue weighted by Crippen LogP contribution is 2.22. The summed E-state index contributed by atoms with van der Waals surface area (Å²) in [6.45, 7) is 1.31. The third-order valence-corrected chi connectivity index (χ3v) is 3.63. The van der Waals surface area contributed by atoms with Crippen molar-refractivity contribution < 1.29 is 9.53 Å². The summed E-state index contributed by atoms with van der Waals surface area (Å²) in [7, 11) is 0. The maximum absolute atomic E-state index is 12.1. The van der Waals surface area contributed by atoms with Crippen molar-refractivity contribution >= 4 is 17.5 Å². The van der Waals surface area contributed by atoms with Crippen LogP contribution in [0.2, 0.25) is 0 Å². The van der Waals surface area contributed by atoms with E-state index in [0.29, 0.717) is 24.7 Å². The Kier molecular flexibility index (Phi) is 4.02. The van der Waals surface area contributed by atoms with Crippen LogP contribution >= 0.6 is 11.6 Å². The summed E-state index contributed by atoms with van der Waals surface area (Å²) >= 11 is 6.00. The molecule has 0 aliphatic carbocycles. The topological polar surface area (TPSA) is 38.3 Å². The number of benzene rings is 1. The van der Waals surface area contributed by atoms with E-state index in [1.807, 2.05) is 18.2 Å². The van der Waals surface area contributed by atoms with Crippen molar-refractivity contribution in [1.29, 1.82) is 0 Å². The molecular formula is C13H16ClNO2. The second-order valence-corrected chi connectivity index (χ2v) is 4.61. The van der Waals surface area contributed by atoms with Gasteiger partial charge in [-0.25, -0.2) is 0 Å². The molecule has 17 heavy (non-hydrogen) atoms. The van der Waals surface area contributed by atoms with E-state index in [1.54, 1.807) is 12.1 Å². The Bertz CT molecular complexity index is 374. The van der Waals surface area contributed by atoms with Crippen molar-refractivity contribution in [2.24, 2.45) is 0 Å². The van der Waals surface area contributed by atoms with Crippen molar-refractivity contribution in [2.75, 3.05) is 19.1 Å². The first kappa shape index (κ1) is 12.4. The van der Waals surface area contributed by atoms with Gasteiger partial charge in [0, 0.05) is 24.7 Å². The van der Waals surface area contributed by atoms with E-state index in [4.69, 9.17) is 16.3 Å². The van der Waals surface area contributed by atoms with Gasteiger partial charge in [0.1, 0.15) is 0 Å². The lowest BCUT2D eigenvalue weighted by Gasteiger charge is -2.36. The summed E-state index contributed by atoms with van der Waals surface area (Å²) in [6.07, 6.45) is 1.55. The van der Waals surface area contributed by atoms with Gasteiger partial charge >= 0.3 is 0 Å². The molecule has 1 aliphatic heterocycles. The Labute approximate surface area is 106 Å². The average molecular weight is 254 g/mol. The van der Waals surface area contributed by atoms with Crippen molar-refractivity contribution in [3.05, 3.63) is 35.9 Å². The zero-order valence-corrected chi connectivity index (χ0v) is 10.4. The van der Waals surface area contributed by atoms with Crippen LogP contribution in [0.1, 0.15) is 23.2 Å². The Morgan fingerprint density at radius 2 is 1.94 bits per heavy atom. The molecule has 3 nitrogen and oxygen atoms in total. The molecular weight excluding hydrogens is 238 g/mol. The van der Waals surface area contributed by atoms with E-state index in [9.17, 15) is 4.79 Å². The van der Waals surface area contributed by atoms with E-state index in [-0.39, 0.29) is 11.4 Å². The second kappa shape index (κ2) is 5.52. The fourth-order valence-electron chi connectivity index (χ4n) is 1.96. The van der Waals surface area contributed by atoms with E-state index in [1.165, 1.54) is 0 Å². The molecule has 1 heterocycles. The molecule has 1 aromatic carbocycles. The number of amides is 1. The lowest BCUT2D eigenvalue weighted by atomic mass is 9.92. The fraction of sp³-hybridized carbons (Fsp3) is 0.462. The van der Waals surface area contributed by atoms with Crippen LogP contribution in [0, 0.1) is 0 Å². The maximum atomic E-state index is 12.1. The molecule has 0 atom stereocenters. The summed E-state index contributed by atoms with van der Waals surface area (Å²) in [4.78, 5) is 12.1. The zero-order valence-electron chi connectivity index (χ0n) is 9.62. The van der Waals surface area contributed by atoms with Crippen molar-refractivity contribution in [1.82, 2.24) is 5.32 Å². The van der Waals surface area contributed by atoms with Gasteiger partial charge in [0.2, 0.25) is 0 Å². The van der Waals surface area contributed by atoms with Crippen LogP contribution in [0.25, 0.3) is 0 Å². The lowest BCUT2D eigenvalue weighted by Crippen LogP contribution is -2.53. The van der Waals surface area contributed by atoms with Crippen molar-refractivity contribution in [3.8, 4) is 0 Å². The largest absolute Gasteiger partial charge is 0.381 e. The number of halogens is 1. The highest BCUT2D eigenvalue weighted by molar-refractivity contribution is 6.19. The van der Waals surface area contributed by atoms with E-state index in [2.05, 4.69) is 5.32 Å². The second-order valence-electron chi connectivity index (χ2n) is 4.35. The minimum Gasteiger partial charge on any atom is -0.381 e. The summed E-state index contributed by atoms with van der Waals surface area (Å²) < 4.78 is 5.30. The van der Waals surface area contributed by atoms with Crippen LogP contribution in [0.4, 0.5) is 0 Å². The predicted molar refractivity (Wildman–Crippen MR) is 67.4 cm³/mol. The van der Waals surface area contributed by atoms with Gasteiger partial charge in [-0.3, -0.25) is 4.79 Å². The molecule has 0 bridgehead atoms. The standard InChI is InChI=1S/C13H16ClNO2/c14-10-13(6-8-17-9-7-13)15-12(16)11-4-2-1-3-5-11/h1-5H,6-10H2,(H,15,16). The van der Waals surface area contributed by atoms with Gasteiger partial charge in [0.05, 0.1) is 5.54 Å². The maximum Gasteiger partial charge on any atom is 0.251 e. The normalized spacial score (nSPS) is 18.6. The van der Waals surface area contributed by atoms with Gasteiger partial charge in [0.15, 0.2) is 0 Å². The van der Waals surface area contributed by atoms with Crippen molar-refractivity contribution in [3.63, 3.8) is 0 Å². The third-order valence-electron chi connectivity index (χ3n) is 3.12. The molecule has 0 aromatic heterocycles. The number of alkyl halides is 1. The number of hydrogen-bond acceptors (Lipinski definition) is 2. The Morgan fingerprint density at radius 3 is 2.53 bits per heavy atom. The summed E-state index contributed by atoms with van der Waals surface area (Å²) in [5.41, 5.74) is 0.357. The lowest BCUT2D eigenvalue weighted by molar-refractivity contribution is 0.0434. The number of nitrogens with one attached hydrogen (secondary N) is 1. The summed E-state index contributed by atoms with van der Waals surface area (Å²) in [6, 6.07) is 9.20. The highest BCUT2D eigenvalue weighted by Gasteiger charge is 2.33. The molecule has 1 saturated heterocycles. The van der Waals surface area contributed by atoms with Crippen LogP contribution in [-0.4, -0.2) is 30.5 Å². The molecule has 2 rings (SSSR count). The van der Waals surface area contributed by atoms with E-state index >= 15 is 0 Å².